The second-order valence-corrected chi connectivity index (χ2v) is 14.1. The molecule has 2 aliphatic heterocycles. The lowest BCUT2D eigenvalue weighted by atomic mass is 9.62. The minimum atomic E-state index is -1.07. The van der Waals surface area contributed by atoms with Crippen LogP contribution in [0, 0.1) is 11.3 Å². The summed E-state index contributed by atoms with van der Waals surface area (Å²) in [5, 5.41) is 17.3. The molecule has 38 heavy (non-hydrogen) atoms. The maximum atomic E-state index is 14.1. The van der Waals surface area contributed by atoms with E-state index in [4.69, 9.17) is 23.2 Å². The molecule has 206 valence electrons. The first-order valence-corrected chi connectivity index (χ1v) is 14.3. The van der Waals surface area contributed by atoms with Gasteiger partial charge in [0.05, 0.1) is 17.1 Å². The average Bonchev–Trinajstić information content (AvgIpc) is 3.26. The Hall–Kier alpha value is -1.64. The van der Waals surface area contributed by atoms with Crippen LogP contribution in [0.25, 0.3) is 0 Å². The Morgan fingerprint density at radius 2 is 2.05 bits per heavy atom. The zero-order valence-electron chi connectivity index (χ0n) is 22.1. The van der Waals surface area contributed by atoms with Crippen LogP contribution < -0.4 is 10.6 Å². The number of halogens is 3. The van der Waals surface area contributed by atoms with Gasteiger partial charge >= 0.3 is 0 Å². The van der Waals surface area contributed by atoms with E-state index in [-0.39, 0.29) is 33.6 Å². The number of amides is 1. The molecule has 4 rings (SSSR count). The summed E-state index contributed by atoms with van der Waals surface area (Å²) in [6, 6.07) is 4.21. The molecule has 3 aliphatic rings. The van der Waals surface area contributed by atoms with Gasteiger partial charge in [0, 0.05) is 33.0 Å². The first kappa shape index (κ1) is 29.3. The van der Waals surface area contributed by atoms with Crippen LogP contribution in [-0.4, -0.2) is 46.5 Å². The molecule has 1 saturated heterocycles. The molecular formula is C29H35Cl2FN2O3S. The highest BCUT2D eigenvalue weighted by Crippen LogP contribution is 2.58. The van der Waals surface area contributed by atoms with E-state index in [1.165, 1.54) is 6.08 Å². The van der Waals surface area contributed by atoms with Crippen LogP contribution in [-0.2, 0) is 15.0 Å². The molecule has 4 atom stereocenters. The molecule has 0 unspecified atom stereocenters. The number of allylic oxidation sites excluding steroid dienone is 4. The van der Waals surface area contributed by atoms with E-state index in [0.29, 0.717) is 29.9 Å². The van der Waals surface area contributed by atoms with Crippen molar-refractivity contribution in [2.24, 2.45) is 11.3 Å². The number of rotatable bonds is 7. The van der Waals surface area contributed by atoms with Crippen LogP contribution >= 0.6 is 35.0 Å². The largest absolute Gasteiger partial charge is 0.390 e. The summed E-state index contributed by atoms with van der Waals surface area (Å²) in [7, 11) is 0. The Morgan fingerprint density at radius 1 is 1.37 bits per heavy atom. The van der Waals surface area contributed by atoms with Crippen LogP contribution in [0.1, 0.15) is 52.5 Å². The van der Waals surface area contributed by atoms with Gasteiger partial charge in [0.1, 0.15) is 6.67 Å². The number of alkyl halides is 1. The smallest absolute Gasteiger partial charge is 0.238 e. The molecule has 5 nitrogen and oxygen atoms in total. The van der Waals surface area contributed by atoms with E-state index in [1.807, 2.05) is 6.07 Å². The maximum Gasteiger partial charge on any atom is 0.238 e. The number of fused-ring (bicyclic) bond motifs is 2. The van der Waals surface area contributed by atoms with Gasteiger partial charge in [-0.15, -0.1) is 0 Å². The van der Waals surface area contributed by atoms with Crippen LogP contribution in [0.2, 0.25) is 5.02 Å². The monoisotopic (exact) mass is 580 g/mol. The molecule has 1 amide bonds. The van der Waals surface area contributed by atoms with Gasteiger partial charge in [-0.05, 0) is 60.9 Å². The van der Waals surface area contributed by atoms with Crippen molar-refractivity contribution in [3.8, 4) is 0 Å². The van der Waals surface area contributed by atoms with Crippen molar-refractivity contribution in [2.45, 2.75) is 81.0 Å². The van der Waals surface area contributed by atoms with E-state index in [0.717, 1.165) is 22.2 Å². The Morgan fingerprint density at radius 3 is 2.66 bits per heavy atom. The van der Waals surface area contributed by atoms with Crippen molar-refractivity contribution in [2.75, 3.05) is 6.67 Å². The van der Waals surface area contributed by atoms with Gasteiger partial charge < -0.3 is 15.7 Å². The minimum absolute atomic E-state index is 0.0396. The number of hydrogen-bond donors (Lipinski definition) is 3. The second-order valence-electron chi connectivity index (χ2n) is 12.1. The first-order valence-electron chi connectivity index (χ1n) is 12.8. The molecular weight excluding hydrogens is 546 g/mol. The van der Waals surface area contributed by atoms with Gasteiger partial charge in [0.25, 0.3) is 0 Å². The fraction of sp³-hybridized carbons (Fsp3) is 0.517. The fourth-order valence-corrected chi connectivity index (χ4v) is 7.74. The molecule has 2 heterocycles. The summed E-state index contributed by atoms with van der Waals surface area (Å²) in [5.41, 5.74) is -0.619. The van der Waals surface area contributed by atoms with E-state index >= 15 is 0 Å². The Kier molecular flexibility index (Phi) is 8.29. The fourth-order valence-electron chi connectivity index (χ4n) is 6.15. The highest BCUT2D eigenvalue weighted by Gasteiger charge is 2.65. The van der Waals surface area contributed by atoms with Crippen LogP contribution in [0.3, 0.4) is 0 Å². The third-order valence-corrected chi connectivity index (χ3v) is 9.16. The lowest BCUT2D eigenvalue weighted by Crippen LogP contribution is -2.57. The van der Waals surface area contributed by atoms with Crippen molar-refractivity contribution >= 4 is 46.0 Å². The maximum absolute atomic E-state index is 14.1. The molecule has 0 radical (unpaired) electrons. The number of nitrogens with one attached hydrogen (secondary N) is 2. The number of benzene rings is 1. The highest BCUT2D eigenvalue weighted by atomic mass is 35.5. The quantitative estimate of drug-likeness (QED) is 0.353. The topological polar surface area (TPSA) is 78.4 Å². The third kappa shape index (κ3) is 5.64. The van der Waals surface area contributed by atoms with Gasteiger partial charge in [-0.3, -0.25) is 9.59 Å². The Bertz CT molecular complexity index is 1200. The molecule has 1 aliphatic carbocycles. The van der Waals surface area contributed by atoms with Gasteiger partial charge in [-0.25, -0.2) is 4.39 Å². The summed E-state index contributed by atoms with van der Waals surface area (Å²) in [6.45, 7) is 11.6. The molecule has 0 aromatic heterocycles. The summed E-state index contributed by atoms with van der Waals surface area (Å²) in [6.07, 6.45) is 6.31. The molecule has 2 fully saturated rings. The zero-order chi connectivity index (χ0) is 28.0. The predicted octanol–water partition coefficient (Wildman–Crippen LogP) is 5.84. The van der Waals surface area contributed by atoms with Gasteiger partial charge in [0.15, 0.2) is 0 Å². The SMILES string of the molecule is C=C(/C=C\C=C(\Cl)CF)[C@H]1[C@H](C(=O)N[C@H]2C[C@@](C)(O)C2)N[C@H](CC(C)(C)C)[C@]12C(=O)Sc1cc(Cl)ccc12. The summed E-state index contributed by atoms with van der Waals surface area (Å²) >= 11 is 13.3. The lowest BCUT2D eigenvalue weighted by Gasteiger charge is -2.42. The molecule has 1 aromatic rings. The van der Waals surface area contributed by atoms with Crippen LogP contribution in [0.5, 0.6) is 0 Å². The van der Waals surface area contributed by atoms with Gasteiger partial charge in [-0.2, -0.15) is 0 Å². The van der Waals surface area contributed by atoms with Crippen molar-refractivity contribution in [3.63, 3.8) is 0 Å². The second kappa shape index (κ2) is 10.7. The molecule has 3 N–H and O–H groups in total. The van der Waals surface area contributed by atoms with E-state index in [1.54, 1.807) is 31.2 Å². The molecule has 9 heteroatoms. The lowest BCUT2D eigenvalue weighted by molar-refractivity contribution is -0.127. The van der Waals surface area contributed by atoms with Crippen LogP contribution in [0.4, 0.5) is 4.39 Å². The van der Waals surface area contributed by atoms with E-state index in [9.17, 15) is 19.1 Å². The van der Waals surface area contributed by atoms with Crippen molar-refractivity contribution < 1.29 is 19.1 Å². The number of carbonyl (C=O) groups excluding carboxylic acids is 2. The van der Waals surface area contributed by atoms with Gasteiger partial charge in [0.2, 0.25) is 11.0 Å². The number of aliphatic hydroxyl groups is 1. The molecule has 1 saturated carbocycles. The van der Waals surface area contributed by atoms with Crippen molar-refractivity contribution in [1.29, 1.82) is 0 Å². The predicted molar refractivity (Wildman–Crippen MR) is 152 cm³/mol. The van der Waals surface area contributed by atoms with Crippen molar-refractivity contribution in [1.82, 2.24) is 10.6 Å². The summed E-state index contributed by atoms with van der Waals surface area (Å²) in [5.74, 6) is -0.856. The summed E-state index contributed by atoms with van der Waals surface area (Å²) in [4.78, 5) is 28.7. The number of carbonyl (C=O) groups is 2. The standard InChI is InChI=1S/C29H35Cl2FN2O3S/c1-16(7-6-8-18(31)15-32)23-24(25(35)33-19-12-28(5,37)13-19)34-22(14-27(2,3)4)29(23)20-10-9-17(30)11-21(20)38-26(29)36/h6-11,19,22-24,34,37H,1,12-15H2,2-5H3,(H,33,35)/b7-6-,18-8+/t19-,22-,23+,24-,28+,29+/m1/s1. The minimum Gasteiger partial charge on any atom is -0.390 e. The normalized spacial score (nSPS) is 33.1. The van der Waals surface area contributed by atoms with Crippen molar-refractivity contribution in [3.05, 3.63) is 64.2 Å². The first-order chi connectivity index (χ1) is 17.7. The third-order valence-electron chi connectivity index (χ3n) is 7.62. The zero-order valence-corrected chi connectivity index (χ0v) is 24.4. The Balaban J connectivity index is 1.82. The molecule has 1 spiro atoms. The van der Waals surface area contributed by atoms with E-state index < -0.39 is 29.7 Å². The van der Waals surface area contributed by atoms with Crippen LogP contribution in [0.15, 0.2) is 58.5 Å². The highest BCUT2D eigenvalue weighted by molar-refractivity contribution is 8.14. The summed E-state index contributed by atoms with van der Waals surface area (Å²) < 4.78 is 12.9. The van der Waals surface area contributed by atoms with E-state index in [2.05, 4.69) is 38.0 Å². The number of hydrogen-bond acceptors (Lipinski definition) is 5. The molecule has 0 bridgehead atoms. The molecule has 1 aromatic carbocycles. The number of thioether (sulfide) groups is 1. The Labute approximate surface area is 238 Å². The average molecular weight is 582 g/mol. The van der Waals surface area contributed by atoms with Gasteiger partial charge in [-0.1, -0.05) is 80.5 Å².